The van der Waals surface area contributed by atoms with E-state index in [0.717, 1.165) is 6.26 Å². The Morgan fingerprint density at radius 3 is 2.41 bits per heavy atom. The first kappa shape index (κ1) is 23.2. The molecule has 1 N–H and O–H groups in total. The predicted octanol–water partition coefficient (Wildman–Crippen LogP) is 4.14. The van der Waals surface area contributed by atoms with E-state index in [9.17, 15) is 17.6 Å². The standard InChI is InChI=1S/C24H22FN3O5S/c1-26-24(29)22-18-12-21(32-2)19(28(14-34(3,30)31)17-8-10-27-11-9-17)13-20(18)33-23(22)15-4-6-16(25)7-5-15/h4-13H,14H2,1-3H3,(H,26,29). The van der Waals surface area contributed by atoms with Gasteiger partial charge in [-0.1, -0.05) is 0 Å². The van der Waals surface area contributed by atoms with Crippen molar-refractivity contribution in [3.8, 4) is 17.1 Å². The second-order valence-corrected chi connectivity index (χ2v) is 9.71. The van der Waals surface area contributed by atoms with Gasteiger partial charge in [-0.15, -0.1) is 0 Å². The monoisotopic (exact) mass is 483 g/mol. The number of benzene rings is 2. The molecule has 0 bridgehead atoms. The van der Waals surface area contributed by atoms with Crippen LogP contribution in [0.15, 0.2) is 65.3 Å². The van der Waals surface area contributed by atoms with E-state index in [0.29, 0.717) is 33.7 Å². The van der Waals surface area contributed by atoms with Crippen molar-refractivity contribution in [1.29, 1.82) is 0 Å². The number of pyridine rings is 1. The highest BCUT2D eigenvalue weighted by Gasteiger charge is 2.26. The largest absolute Gasteiger partial charge is 0.495 e. The number of furan rings is 1. The molecule has 0 aliphatic carbocycles. The first-order valence-corrected chi connectivity index (χ1v) is 12.3. The van der Waals surface area contributed by atoms with E-state index in [-0.39, 0.29) is 17.2 Å². The molecule has 0 fully saturated rings. The molecule has 0 atom stereocenters. The maximum absolute atomic E-state index is 13.5. The lowest BCUT2D eigenvalue weighted by Crippen LogP contribution is -2.25. The average molecular weight is 484 g/mol. The van der Waals surface area contributed by atoms with E-state index in [1.54, 1.807) is 41.6 Å². The number of rotatable bonds is 7. The smallest absolute Gasteiger partial charge is 0.255 e. The second-order valence-electron chi connectivity index (χ2n) is 7.60. The van der Waals surface area contributed by atoms with Crippen LogP contribution in [0.2, 0.25) is 0 Å². The zero-order chi connectivity index (χ0) is 24.5. The normalized spacial score (nSPS) is 11.4. The van der Waals surface area contributed by atoms with E-state index >= 15 is 0 Å². The summed E-state index contributed by atoms with van der Waals surface area (Å²) in [6, 6.07) is 12.2. The maximum Gasteiger partial charge on any atom is 0.255 e. The molecule has 1 amide bonds. The van der Waals surface area contributed by atoms with Gasteiger partial charge >= 0.3 is 0 Å². The van der Waals surface area contributed by atoms with Crippen LogP contribution in [-0.4, -0.2) is 45.6 Å². The van der Waals surface area contributed by atoms with Crippen molar-refractivity contribution in [2.24, 2.45) is 0 Å². The number of aromatic nitrogens is 1. The molecule has 0 unspecified atom stereocenters. The van der Waals surface area contributed by atoms with Gasteiger partial charge in [-0.05, 0) is 42.5 Å². The van der Waals surface area contributed by atoms with Gasteiger partial charge in [0.05, 0.1) is 18.4 Å². The third kappa shape index (κ3) is 4.58. The van der Waals surface area contributed by atoms with Crippen molar-refractivity contribution < 1.29 is 26.8 Å². The van der Waals surface area contributed by atoms with Crippen LogP contribution < -0.4 is 15.0 Å². The first-order valence-electron chi connectivity index (χ1n) is 10.2. The highest BCUT2D eigenvalue weighted by molar-refractivity contribution is 7.90. The van der Waals surface area contributed by atoms with Gasteiger partial charge in [0.25, 0.3) is 5.91 Å². The molecule has 2 aromatic carbocycles. The number of nitrogens with zero attached hydrogens (tertiary/aromatic N) is 2. The van der Waals surface area contributed by atoms with Crippen LogP contribution in [0, 0.1) is 5.82 Å². The summed E-state index contributed by atoms with van der Waals surface area (Å²) in [5.74, 6) is -0.544. The van der Waals surface area contributed by atoms with Gasteiger partial charge < -0.3 is 19.4 Å². The lowest BCUT2D eigenvalue weighted by atomic mass is 10.0. The highest BCUT2D eigenvalue weighted by atomic mass is 32.2. The van der Waals surface area contributed by atoms with Crippen LogP contribution >= 0.6 is 0 Å². The molecular formula is C24H22FN3O5S. The quantitative estimate of drug-likeness (QED) is 0.421. The van der Waals surface area contributed by atoms with Crippen LogP contribution in [0.5, 0.6) is 5.75 Å². The molecule has 2 heterocycles. The molecule has 0 aliphatic rings. The molecule has 8 nitrogen and oxygen atoms in total. The minimum Gasteiger partial charge on any atom is -0.495 e. The Morgan fingerprint density at radius 1 is 1.15 bits per heavy atom. The number of halogens is 1. The Kier molecular flexibility index (Phi) is 6.25. The summed E-state index contributed by atoms with van der Waals surface area (Å²) in [5.41, 5.74) is 2.11. The molecule has 176 valence electrons. The number of hydrogen-bond donors (Lipinski definition) is 1. The third-order valence-electron chi connectivity index (χ3n) is 5.18. The molecule has 4 rings (SSSR count). The number of nitrogens with one attached hydrogen (secondary N) is 1. The Balaban J connectivity index is 1.99. The van der Waals surface area contributed by atoms with Crippen LogP contribution in [0.25, 0.3) is 22.3 Å². The number of ether oxygens (including phenoxy) is 1. The number of hydrogen-bond acceptors (Lipinski definition) is 7. The fourth-order valence-electron chi connectivity index (χ4n) is 3.68. The van der Waals surface area contributed by atoms with Crippen molar-refractivity contribution in [3.63, 3.8) is 0 Å². The number of anilines is 2. The molecule has 0 saturated heterocycles. The number of carbonyl (C=O) groups excluding carboxylic acids is 1. The molecule has 10 heteroatoms. The molecule has 0 spiro atoms. The zero-order valence-corrected chi connectivity index (χ0v) is 19.5. The van der Waals surface area contributed by atoms with Crippen LogP contribution in [0.3, 0.4) is 0 Å². The highest BCUT2D eigenvalue weighted by Crippen LogP contribution is 2.42. The number of amides is 1. The predicted molar refractivity (Wildman–Crippen MR) is 128 cm³/mol. The summed E-state index contributed by atoms with van der Waals surface area (Å²) in [6.45, 7) is 0. The van der Waals surface area contributed by atoms with E-state index < -0.39 is 21.6 Å². The van der Waals surface area contributed by atoms with Crippen molar-refractivity contribution >= 4 is 38.1 Å². The molecule has 0 saturated carbocycles. The van der Waals surface area contributed by atoms with Crippen molar-refractivity contribution in [2.45, 2.75) is 0 Å². The molecule has 4 aromatic rings. The minimum absolute atomic E-state index is 0.257. The van der Waals surface area contributed by atoms with E-state index in [2.05, 4.69) is 10.3 Å². The average Bonchev–Trinajstić information content (AvgIpc) is 3.20. The summed E-state index contributed by atoms with van der Waals surface area (Å²) < 4.78 is 49.6. The maximum atomic E-state index is 13.5. The summed E-state index contributed by atoms with van der Waals surface area (Å²) in [5, 5.41) is 3.07. The van der Waals surface area contributed by atoms with Gasteiger partial charge in [0.2, 0.25) is 0 Å². The van der Waals surface area contributed by atoms with Crippen LogP contribution in [0.4, 0.5) is 15.8 Å². The lowest BCUT2D eigenvalue weighted by Gasteiger charge is -2.25. The van der Waals surface area contributed by atoms with E-state index in [4.69, 9.17) is 9.15 Å². The third-order valence-corrected chi connectivity index (χ3v) is 5.91. The number of methoxy groups -OCH3 is 1. The second kappa shape index (κ2) is 9.14. The van der Waals surface area contributed by atoms with Crippen molar-refractivity contribution in [1.82, 2.24) is 10.3 Å². The van der Waals surface area contributed by atoms with Crippen LogP contribution in [-0.2, 0) is 9.84 Å². The van der Waals surface area contributed by atoms with E-state index in [1.807, 2.05) is 0 Å². The zero-order valence-electron chi connectivity index (χ0n) is 18.7. The fraction of sp³-hybridized carbons (Fsp3) is 0.167. The minimum atomic E-state index is -3.45. The Morgan fingerprint density at radius 2 is 1.82 bits per heavy atom. The molecule has 2 aromatic heterocycles. The van der Waals surface area contributed by atoms with Crippen molar-refractivity contribution in [2.75, 3.05) is 31.2 Å². The summed E-state index contributed by atoms with van der Waals surface area (Å²) in [7, 11) is -0.492. The van der Waals surface area contributed by atoms with Crippen molar-refractivity contribution in [3.05, 3.63) is 72.3 Å². The van der Waals surface area contributed by atoms with Gasteiger partial charge in [0, 0.05) is 48.4 Å². The van der Waals surface area contributed by atoms with Gasteiger partial charge in [0.15, 0.2) is 9.84 Å². The molecule has 0 aliphatic heterocycles. The van der Waals surface area contributed by atoms with Gasteiger partial charge in [-0.2, -0.15) is 0 Å². The summed E-state index contributed by atoms with van der Waals surface area (Å²) >= 11 is 0. The molecular weight excluding hydrogens is 461 g/mol. The van der Waals surface area contributed by atoms with Gasteiger partial charge in [-0.25, -0.2) is 12.8 Å². The number of sulfone groups is 1. The first-order chi connectivity index (χ1) is 16.2. The summed E-state index contributed by atoms with van der Waals surface area (Å²) in [4.78, 5) is 18.4. The lowest BCUT2D eigenvalue weighted by molar-refractivity contribution is 0.0964. The number of carbonyl (C=O) groups is 1. The van der Waals surface area contributed by atoms with Crippen LogP contribution in [0.1, 0.15) is 10.4 Å². The Hall–Kier alpha value is -3.92. The Bertz CT molecular complexity index is 1450. The molecule has 34 heavy (non-hydrogen) atoms. The Labute approximate surface area is 195 Å². The summed E-state index contributed by atoms with van der Waals surface area (Å²) in [6.07, 6.45) is 4.24. The fourth-order valence-corrected chi connectivity index (χ4v) is 4.44. The molecule has 0 radical (unpaired) electrons. The number of fused-ring (bicyclic) bond motifs is 1. The topological polar surface area (TPSA) is 102 Å². The van der Waals surface area contributed by atoms with E-state index in [1.165, 1.54) is 38.4 Å². The van der Waals surface area contributed by atoms with Gasteiger partial charge in [0.1, 0.15) is 28.8 Å². The van der Waals surface area contributed by atoms with Gasteiger partial charge in [-0.3, -0.25) is 9.78 Å². The SMILES string of the molecule is CNC(=O)c1c(-c2ccc(F)cc2)oc2cc(N(CS(C)(=O)=O)c3ccncc3)c(OC)cc12.